The maximum atomic E-state index is 13.0. The Morgan fingerprint density at radius 2 is 1.40 bits per heavy atom. The van der Waals surface area contributed by atoms with Crippen molar-refractivity contribution in [1.29, 1.82) is 0 Å². The van der Waals surface area contributed by atoms with Crippen LogP contribution in [-0.2, 0) is 60.4 Å². The lowest BCUT2D eigenvalue weighted by Crippen LogP contribution is -2.44. The second kappa shape index (κ2) is 37.3. The first-order valence-electron chi connectivity index (χ1n) is 39.5. The van der Waals surface area contributed by atoms with Crippen LogP contribution in [0, 0.1) is 6.92 Å². The third kappa shape index (κ3) is 21.0. The molecular weight excluding hydrogens is 1390 g/mol. The zero-order valence-electron chi connectivity index (χ0n) is 64.7. The van der Waals surface area contributed by atoms with Crippen molar-refractivity contribution in [2.24, 2.45) is 0 Å². The maximum absolute atomic E-state index is 13.0. The number of rotatable bonds is 34. The molecule has 0 bridgehead atoms. The van der Waals surface area contributed by atoms with Crippen molar-refractivity contribution in [3.05, 3.63) is 189 Å². The van der Waals surface area contributed by atoms with E-state index in [0.717, 1.165) is 143 Å². The summed E-state index contributed by atoms with van der Waals surface area (Å²) in [4.78, 5) is 15.9. The molecule has 11 rings (SSSR count). The lowest BCUT2D eigenvalue weighted by Gasteiger charge is -2.38. The number of aromatic hydroxyl groups is 1. The lowest BCUT2D eigenvalue weighted by molar-refractivity contribution is -0.438. The predicted molar refractivity (Wildman–Crippen MR) is 422 cm³/mol. The minimum absolute atomic E-state index is 0.0313. The van der Waals surface area contributed by atoms with Crippen molar-refractivity contribution >= 4 is 49.8 Å². The number of nitrogens with one attached hydrogen (secondary N) is 2. The molecule has 1 amide bonds. The fraction of sp³-hybridized carbons (Fsp3) is 0.540. The number of nitrogens with zero attached hydrogens (tertiary/aromatic N) is 2. The number of fused-ring (bicyclic) bond motifs is 2. The van der Waals surface area contributed by atoms with Crippen molar-refractivity contribution in [3.63, 3.8) is 0 Å². The molecule has 11 atom stereocenters. The first kappa shape index (κ1) is 81.2. The number of phenols is 1. The Hall–Kier alpha value is -6.82. The monoisotopic (exact) mass is 1500 g/mol. The second-order valence-electron chi connectivity index (χ2n) is 31.2. The van der Waals surface area contributed by atoms with Crippen LogP contribution >= 0.6 is 0 Å². The summed E-state index contributed by atoms with van der Waals surface area (Å²) in [5.74, 6) is 0.541. The Bertz CT molecular complexity index is 4160. The first-order chi connectivity index (χ1) is 51.4. The highest BCUT2D eigenvalue weighted by Gasteiger charge is 2.46. The molecule has 1 aliphatic carbocycles. The Morgan fingerprint density at radius 3 is 2.10 bits per heavy atom. The van der Waals surface area contributed by atoms with Crippen LogP contribution in [0.15, 0.2) is 161 Å². The summed E-state index contributed by atoms with van der Waals surface area (Å²) in [6.45, 7) is 22.5. The Kier molecular flexibility index (Phi) is 28.3. The largest absolute Gasteiger partial charge is 0.755 e. The number of phenolic OH excluding ortho intramolecular Hbond substituents is 1. The van der Waals surface area contributed by atoms with Gasteiger partial charge in [0.25, 0.3) is 5.91 Å². The van der Waals surface area contributed by atoms with Gasteiger partial charge in [-0.2, -0.15) is 4.58 Å². The number of benzene rings is 5. The van der Waals surface area contributed by atoms with Gasteiger partial charge >= 0.3 is 0 Å². The molecule has 3 saturated heterocycles. The van der Waals surface area contributed by atoms with Crippen LogP contribution in [0.4, 0.5) is 17.1 Å². The third-order valence-electron chi connectivity index (χ3n) is 22.3. The topological polar surface area (TPSA) is 227 Å². The van der Waals surface area contributed by atoms with E-state index in [1.807, 2.05) is 42.5 Å². The normalized spacial score (nSPS) is 25.0. The number of hydrogen-bond acceptors (Lipinski definition) is 15. The summed E-state index contributed by atoms with van der Waals surface area (Å²) in [5, 5.41) is 25.2. The molecule has 4 N–H and O–H groups in total. The molecule has 18 nitrogen and oxygen atoms in total. The average molecular weight is 1510 g/mol. The van der Waals surface area contributed by atoms with Crippen molar-refractivity contribution in [2.75, 3.05) is 42.1 Å². The van der Waals surface area contributed by atoms with Crippen molar-refractivity contribution in [1.82, 2.24) is 5.32 Å². The van der Waals surface area contributed by atoms with Gasteiger partial charge in [-0.1, -0.05) is 115 Å². The lowest BCUT2D eigenvalue weighted by atomic mass is 9.80. The minimum Gasteiger partial charge on any atom is -0.755 e. The fourth-order valence-corrected chi connectivity index (χ4v) is 17.5. The van der Waals surface area contributed by atoms with Crippen LogP contribution in [0.2, 0.25) is 0 Å². The molecule has 5 aliphatic heterocycles. The number of hydrogen-bond donors (Lipinski definition) is 4. The molecule has 0 saturated carbocycles. The summed E-state index contributed by atoms with van der Waals surface area (Å²) in [5.41, 5.74) is 14.1. The summed E-state index contributed by atoms with van der Waals surface area (Å²) >= 11 is -2.47. The zero-order valence-corrected chi connectivity index (χ0v) is 66.3. The van der Waals surface area contributed by atoms with E-state index in [9.17, 15) is 32.2 Å². The summed E-state index contributed by atoms with van der Waals surface area (Å²) in [6.07, 6.45) is 24.8. The van der Waals surface area contributed by atoms with Gasteiger partial charge in [0, 0.05) is 107 Å². The Balaban J connectivity index is 0.739. The molecule has 5 aromatic carbocycles. The number of sulfone groups is 1. The molecule has 107 heavy (non-hydrogen) atoms. The quantitative estimate of drug-likeness (QED) is 0.0222. The predicted octanol–water partition coefficient (Wildman–Crippen LogP) is 17.7. The van der Waals surface area contributed by atoms with Crippen molar-refractivity contribution < 1.29 is 69.9 Å². The number of aliphatic hydroxyl groups excluding tert-OH is 1. The van der Waals surface area contributed by atoms with Crippen LogP contribution in [0.1, 0.15) is 241 Å². The molecule has 0 spiro atoms. The smallest absolute Gasteiger partial charge is 0.251 e. The van der Waals surface area contributed by atoms with E-state index >= 15 is 0 Å². The summed E-state index contributed by atoms with van der Waals surface area (Å²) < 4.78 is 98.9. The van der Waals surface area contributed by atoms with Gasteiger partial charge in [0.05, 0.1) is 66.2 Å². The van der Waals surface area contributed by atoms with Crippen molar-refractivity contribution in [3.8, 4) is 11.5 Å². The number of unbranched alkanes of at least 4 members (excludes halogenated alkanes) is 2. The van der Waals surface area contributed by atoms with Crippen LogP contribution < -0.4 is 19.7 Å². The highest BCUT2D eigenvalue weighted by Crippen LogP contribution is 2.49. The van der Waals surface area contributed by atoms with E-state index in [1.54, 1.807) is 36.4 Å². The zero-order chi connectivity index (χ0) is 76.0. The average Bonchev–Trinajstić information content (AvgIpc) is 1.59. The van der Waals surface area contributed by atoms with Gasteiger partial charge in [-0.3, -0.25) is 9.00 Å². The van der Waals surface area contributed by atoms with E-state index in [2.05, 4.69) is 124 Å². The molecule has 11 unspecified atom stereocenters. The van der Waals surface area contributed by atoms with Gasteiger partial charge in [-0.25, -0.2) is 8.42 Å². The summed E-state index contributed by atoms with van der Waals surface area (Å²) in [6, 6.07) is 33.8. The Labute approximate surface area is 638 Å². The fourth-order valence-electron chi connectivity index (χ4n) is 16.5. The molecule has 5 aromatic rings. The van der Waals surface area contributed by atoms with Gasteiger partial charge in [0.2, 0.25) is 5.69 Å². The third-order valence-corrected chi connectivity index (χ3v) is 23.8. The number of carbonyl (C=O) groups excluding carboxylic acids is 1. The van der Waals surface area contributed by atoms with Gasteiger partial charge in [-0.05, 0) is 206 Å². The SMILES string of the molecule is CCCCN1/C(=C/C=C2\CCCC(/C=C/C3=[N+](CCCC)c4ccc(S(C)(=O)=O)cc4C3(C)C)=C2CCOc2cccc(C3OC(CCC)CC(CC(O)CCCC4CC(CCCC5CC(CC)OC(CNC(=O)c6ccc(NS(=O)[O-])cc6)O5)OC(c5cccc(O)c5)O4)O3)c2)C(C)(C)c2cc(C)ccc21. The van der Waals surface area contributed by atoms with Gasteiger partial charge in [-0.15, -0.1) is 0 Å². The highest BCUT2D eigenvalue weighted by atomic mass is 32.2. The number of allylic oxidation sites excluding steroid dienone is 7. The molecular formula is C87H116N4O14S2. The number of ether oxygens (including phenoxy) is 7. The number of carbonyl (C=O) groups is 1. The number of aryl methyl sites for hydroxylation is 1. The molecule has 580 valence electrons. The number of aliphatic hydroxyl groups is 1. The first-order valence-corrected chi connectivity index (χ1v) is 42.4. The van der Waals surface area contributed by atoms with Gasteiger partial charge < -0.3 is 62.9 Å². The van der Waals surface area contributed by atoms with Crippen LogP contribution in [-0.4, -0.2) is 125 Å². The van der Waals surface area contributed by atoms with E-state index in [1.165, 1.54) is 57.6 Å². The minimum atomic E-state index is -3.41. The molecule has 0 radical (unpaired) electrons. The molecule has 20 heteroatoms. The summed E-state index contributed by atoms with van der Waals surface area (Å²) in [7, 11) is -3.41. The maximum Gasteiger partial charge on any atom is 0.251 e. The molecule has 6 aliphatic rings. The van der Waals surface area contributed by atoms with E-state index in [4.69, 9.17) is 33.2 Å². The second-order valence-corrected chi connectivity index (χ2v) is 33.9. The highest BCUT2D eigenvalue weighted by molar-refractivity contribution is 7.90. The van der Waals surface area contributed by atoms with E-state index in [-0.39, 0.29) is 60.2 Å². The van der Waals surface area contributed by atoms with Crippen molar-refractivity contribution in [2.45, 2.75) is 274 Å². The van der Waals surface area contributed by atoms with Gasteiger partial charge in [0.15, 0.2) is 34.4 Å². The number of anilines is 2. The molecule has 0 aromatic heterocycles. The molecule has 5 heterocycles. The van der Waals surface area contributed by atoms with E-state index < -0.39 is 51.5 Å². The van der Waals surface area contributed by atoms with E-state index in [0.29, 0.717) is 61.3 Å². The number of amides is 1. The Morgan fingerprint density at radius 1 is 0.729 bits per heavy atom. The van der Waals surface area contributed by atoms with Crippen LogP contribution in [0.5, 0.6) is 11.5 Å². The van der Waals surface area contributed by atoms with Crippen LogP contribution in [0.3, 0.4) is 0 Å². The van der Waals surface area contributed by atoms with Gasteiger partial charge in [0.1, 0.15) is 18.0 Å². The standard InChI is InChI=1S/C87H116N4O14S2/c1-11-15-46-90-78-41-33-58(5)49-76(78)86(6,7)80(90)43-36-59-23-17-24-60(37-44-81-87(8,9)77-56-74(107(10,97)98)40-42-79(77)91(81)47-16-12-2)75(59)45-48-99-68-29-19-26-63(51-68)85-102-69(22-13-3)55-73(105-85)52-66(93)28-20-30-71-54-72(104-84(103-71)62-25-18-27-65(92)50-62)32-21-31-70-53-67(14-4)100-82(101-70)57-88-83(94)61-34-38-64(39-35-61)89-106(95)96/h18-19,25-27,29,33-44,49-51,56,66-67,69-73,82,84-85,93H,11-17,20-24,28,30-32,45-48,52-55,57H2,1-10H3,(H3-,88,89,92,94,95,96). The van der Waals surface area contributed by atoms with Crippen LogP contribution in [0.25, 0.3) is 0 Å². The molecule has 3 fully saturated rings.